The maximum atomic E-state index is 12.9. The summed E-state index contributed by atoms with van der Waals surface area (Å²) in [5, 5.41) is 0. The van der Waals surface area contributed by atoms with Gasteiger partial charge < -0.3 is 14.4 Å². The molecule has 0 atom stereocenters. The maximum Gasteiger partial charge on any atom is 0.253 e. The van der Waals surface area contributed by atoms with Crippen LogP contribution in [0, 0.1) is 13.8 Å². The van der Waals surface area contributed by atoms with E-state index >= 15 is 0 Å². The molecule has 29 heavy (non-hydrogen) atoms. The Balaban J connectivity index is 1.46. The van der Waals surface area contributed by atoms with Crippen molar-refractivity contribution in [3.05, 3.63) is 58.7 Å². The molecule has 5 heteroatoms. The molecule has 2 aromatic rings. The van der Waals surface area contributed by atoms with Crippen LogP contribution in [0.4, 0.5) is 0 Å². The fraction of sp³-hybridized carbons (Fsp3) is 0.417. The van der Waals surface area contributed by atoms with Gasteiger partial charge in [-0.1, -0.05) is 6.07 Å². The van der Waals surface area contributed by atoms with E-state index in [4.69, 9.17) is 9.47 Å². The monoisotopic (exact) mass is 393 g/mol. The predicted octanol–water partition coefficient (Wildman–Crippen LogP) is 4.34. The lowest BCUT2D eigenvalue weighted by atomic mass is 9.81. The minimum atomic E-state index is -0.500. The van der Waals surface area contributed by atoms with E-state index in [-0.39, 0.29) is 11.7 Å². The zero-order valence-electron chi connectivity index (χ0n) is 17.3. The minimum absolute atomic E-state index is 0.0112. The Morgan fingerprint density at radius 3 is 2.48 bits per heavy atom. The second-order valence-electron chi connectivity index (χ2n) is 8.09. The molecule has 2 aromatic carbocycles. The molecular formula is C24H27NO4. The Labute approximate surface area is 171 Å². The van der Waals surface area contributed by atoms with Gasteiger partial charge in [0.2, 0.25) is 0 Å². The van der Waals surface area contributed by atoms with Gasteiger partial charge in [-0.25, -0.2) is 0 Å². The van der Waals surface area contributed by atoms with E-state index in [1.54, 1.807) is 12.1 Å². The van der Waals surface area contributed by atoms with E-state index < -0.39 is 5.60 Å². The summed E-state index contributed by atoms with van der Waals surface area (Å²) in [6, 6.07) is 11.2. The van der Waals surface area contributed by atoms with Crippen molar-refractivity contribution in [1.82, 2.24) is 4.90 Å². The van der Waals surface area contributed by atoms with Gasteiger partial charge in [-0.2, -0.15) is 0 Å². The average molecular weight is 393 g/mol. The molecule has 2 aliphatic rings. The lowest BCUT2D eigenvalue weighted by molar-refractivity contribution is -0.00580. The lowest BCUT2D eigenvalue weighted by Gasteiger charge is -2.44. The molecule has 0 bridgehead atoms. The number of ketones is 1. The number of carbonyl (C=O) groups is 2. The third-order valence-corrected chi connectivity index (χ3v) is 5.91. The van der Waals surface area contributed by atoms with Crippen LogP contribution in [0.15, 0.2) is 36.4 Å². The zero-order chi connectivity index (χ0) is 20.6. The molecule has 0 aromatic heterocycles. The van der Waals surface area contributed by atoms with Gasteiger partial charge in [-0.05, 0) is 62.2 Å². The van der Waals surface area contributed by atoms with Crippen molar-refractivity contribution >= 4 is 11.7 Å². The van der Waals surface area contributed by atoms with Gasteiger partial charge >= 0.3 is 0 Å². The molecule has 0 radical (unpaired) electrons. The van der Waals surface area contributed by atoms with Crippen molar-refractivity contribution in [1.29, 1.82) is 0 Å². The molecule has 1 saturated heterocycles. The maximum absolute atomic E-state index is 12.9. The van der Waals surface area contributed by atoms with Crippen molar-refractivity contribution in [3.63, 3.8) is 0 Å². The van der Waals surface area contributed by atoms with Crippen molar-refractivity contribution in [3.8, 4) is 11.5 Å². The number of amides is 1. The van der Waals surface area contributed by atoms with Crippen LogP contribution < -0.4 is 9.47 Å². The summed E-state index contributed by atoms with van der Waals surface area (Å²) < 4.78 is 11.8. The average Bonchev–Trinajstić information content (AvgIpc) is 2.68. The summed E-state index contributed by atoms with van der Waals surface area (Å²) in [6.45, 7) is 7.67. The molecule has 0 aliphatic carbocycles. The number of hydrogen-bond donors (Lipinski definition) is 0. The first-order chi connectivity index (χ1) is 13.9. The molecule has 152 valence electrons. The number of ether oxygens (including phenoxy) is 2. The summed E-state index contributed by atoms with van der Waals surface area (Å²) in [4.78, 5) is 27.6. The Morgan fingerprint density at radius 1 is 1.14 bits per heavy atom. The fourth-order valence-electron chi connectivity index (χ4n) is 4.46. The number of Topliss-reactive ketones (excluding diaryl/α,β-unsaturated/α-hetero) is 1. The van der Waals surface area contributed by atoms with Crippen molar-refractivity contribution in [2.24, 2.45) is 0 Å². The number of benzene rings is 2. The molecule has 2 aliphatic heterocycles. The second kappa shape index (κ2) is 7.54. The van der Waals surface area contributed by atoms with Crippen LogP contribution in [0.5, 0.6) is 11.5 Å². The molecule has 1 fully saturated rings. The Hall–Kier alpha value is -2.82. The highest BCUT2D eigenvalue weighted by molar-refractivity contribution is 6.02. The summed E-state index contributed by atoms with van der Waals surface area (Å²) in [5.74, 6) is 1.62. The third-order valence-electron chi connectivity index (χ3n) is 5.91. The molecule has 1 spiro atoms. The quantitative estimate of drug-likeness (QED) is 0.778. The minimum Gasteiger partial charge on any atom is -0.494 e. The van der Waals surface area contributed by atoms with Gasteiger partial charge in [0.1, 0.15) is 17.1 Å². The predicted molar refractivity (Wildman–Crippen MR) is 111 cm³/mol. The first kappa shape index (κ1) is 19.5. The standard InChI is InChI=1S/C24H27NO4/c1-4-28-19-7-5-18(6-8-19)23(27)25-11-9-24(10-12-25)15-20(26)22-17(3)13-16(2)14-21(22)29-24/h5-8,13-14H,4,9-12,15H2,1-3H3. The lowest BCUT2D eigenvalue weighted by Crippen LogP contribution is -2.52. The summed E-state index contributed by atoms with van der Waals surface area (Å²) >= 11 is 0. The van der Waals surface area contributed by atoms with Crippen LogP contribution in [0.25, 0.3) is 0 Å². The van der Waals surface area contributed by atoms with Gasteiger partial charge in [0, 0.05) is 31.5 Å². The highest BCUT2D eigenvalue weighted by atomic mass is 16.5. The molecule has 0 N–H and O–H groups in total. The number of likely N-dealkylation sites (tertiary alicyclic amines) is 1. The molecule has 0 unspecified atom stereocenters. The first-order valence-corrected chi connectivity index (χ1v) is 10.3. The Bertz CT molecular complexity index is 940. The zero-order valence-corrected chi connectivity index (χ0v) is 17.3. The SMILES string of the molecule is CCOc1ccc(C(=O)N2CCC3(CC2)CC(=O)c2c(C)cc(C)cc2O3)cc1. The second-order valence-corrected chi connectivity index (χ2v) is 8.09. The number of carbonyl (C=O) groups excluding carboxylic acids is 2. The van der Waals surface area contributed by atoms with E-state index in [2.05, 4.69) is 0 Å². The number of rotatable bonds is 3. The summed E-state index contributed by atoms with van der Waals surface area (Å²) in [5.41, 5.74) is 2.94. The first-order valence-electron chi connectivity index (χ1n) is 10.3. The van der Waals surface area contributed by atoms with Crippen LogP contribution in [-0.4, -0.2) is 41.9 Å². The molecule has 1 amide bonds. The van der Waals surface area contributed by atoms with Crippen molar-refractivity contribution < 1.29 is 19.1 Å². The number of nitrogens with zero attached hydrogens (tertiary/aromatic N) is 1. The Kier molecular flexibility index (Phi) is 5.07. The van der Waals surface area contributed by atoms with E-state index in [1.807, 2.05) is 49.9 Å². The van der Waals surface area contributed by atoms with Crippen LogP contribution in [0.1, 0.15) is 58.0 Å². The van der Waals surface area contributed by atoms with Crippen LogP contribution in [-0.2, 0) is 0 Å². The van der Waals surface area contributed by atoms with E-state index in [0.717, 1.165) is 16.9 Å². The van der Waals surface area contributed by atoms with Gasteiger partial charge in [-0.15, -0.1) is 0 Å². The van der Waals surface area contributed by atoms with Gasteiger partial charge in [0.25, 0.3) is 5.91 Å². The van der Waals surface area contributed by atoms with Crippen LogP contribution in [0.3, 0.4) is 0 Å². The molecule has 4 rings (SSSR count). The largest absolute Gasteiger partial charge is 0.494 e. The highest BCUT2D eigenvalue weighted by Gasteiger charge is 2.44. The van der Waals surface area contributed by atoms with Crippen LogP contribution in [0.2, 0.25) is 0 Å². The smallest absolute Gasteiger partial charge is 0.253 e. The van der Waals surface area contributed by atoms with Crippen molar-refractivity contribution in [2.75, 3.05) is 19.7 Å². The summed E-state index contributed by atoms with van der Waals surface area (Å²) in [6.07, 6.45) is 1.71. The molecular weight excluding hydrogens is 366 g/mol. The molecule has 2 heterocycles. The number of piperidine rings is 1. The fourth-order valence-corrected chi connectivity index (χ4v) is 4.46. The van der Waals surface area contributed by atoms with E-state index in [1.165, 1.54) is 0 Å². The normalized spacial score (nSPS) is 17.6. The van der Waals surface area contributed by atoms with Crippen molar-refractivity contribution in [2.45, 2.75) is 45.6 Å². The number of aryl methyl sites for hydroxylation is 2. The third kappa shape index (κ3) is 3.74. The van der Waals surface area contributed by atoms with Gasteiger partial charge in [0.15, 0.2) is 5.78 Å². The number of hydrogen-bond acceptors (Lipinski definition) is 4. The van der Waals surface area contributed by atoms with Gasteiger partial charge in [0.05, 0.1) is 18.6 Å². The highest BCUT2D eigenvalue weighted by Crippen LogP contribution is 2.41. The van der Waals surface area contributed by atoms with Crippen LogP contribution >= 0.6 is 0 Å². The van der Waals surface area contributed by atoms with E-state index in [9.17, 15) is 9.59 Å². The number of fused-ring (bicyclic) bond motifs is 1. The molecule has 5 nitrogen and oxygen atoms in total. The topological polar surface area (TPSA) is 55.8 Å². The molecule has 0 saturated carbocycles. The summed E-state index contributed by atoms with van der Waals surface area (Å²) in [7, 11) is 0. The van der Waals surface area contributed by atoms with E-state index in [0.29, 0.717) is 55.8 Å². The Morgan fingerprint density at radius 2 is 1.83 bits per heavy atom. The van der Waals surface area contributed by atoms with Gasteiger partial charge in [-0.3, -0.25) is 9.59 Å².